The number of carbonyl (C=O) groups excluding carboxylic acids is 1. The molecule has 2 saturated heterocycles. The summed E-state index contributed by atoms with van der Waals surface area (Å²) in [7, 11) is -3.87. The third-order valence-electron chi connectivity index (χ3n) is 9.53. The Hall–Kier alpha value is -4.08. The molecule has 2 aliphatic rings. The molecule has 2 atom stereocenters. The van der Waals surface area contributed by atoms with Gasteiger partial charge in [-0.15, -0.1) is 0 Å². The minimum absolute atomic E-state index is 0.000463. The van der Waals surface area contributed by atoms with Crippen LogP contribution >= 0.6 is 0 Å². The average molecular weight is 737 g/mol. The van der Waals surface area contributed by atoms with E-state index >= 15 is 0 Å². The smallest absolute Gasteiger partial charge is 0.337 e. The minimum Gasteiger partial charge on any atom is -0.337 e. The standard InChI is InChI=1S/C36H35F7N4O3S/c1-51(49,50)27-10-11-30-28(19-27)31(34(48)45-33(36(41,42)43)22-6-3-2-4-7-22)29(32(44-30)23-8-5-9-24(18-23)35(38,39)40)21-46-15-13-26(14-16-46)47-17-12-25(37)20-47/h2-11,18-19,25-26,33H,12-17,20-21H2,1H3,(H,45,48)/t25-,33+/m0/s1. The number of piperidine rings is 1. The van der Waals surface area contributed by atoms with Crippen LogP contribution in [0, 0.1) is 0 Å². The number of benzene rings is 3. The van der Waals surface area contributed by atoms with Crippen LogP contribution in [0.1, 0.15) is 52.4 Å². The van der Waals surface area contributed by atoms with Crippen LogP contribution in [-0.4, -0.2) is 79.9 Å². The number of aromatic nitrogens is 1. The van der Waals surface area contributed by atoms with Gasteiger partial charge in [-0.1, -0.05) is 42.5 Å². The van der Waals surface area contributed by atoms with Gasteiger partial charge in [-0.3, -0.25) is 14.6 Å². The number of fused-ring (bicyclic) bond motifs is 1. The summed E-state index contributed by atoms with van der Waals surface area (Å²) in [6.07, 6.45) is -7.96. The number of carbonyl (C=O) groups is 1. The normalized spacial score (nSPS) is 19.0. The Morgan fingerprint density at radius 2 is 1.63 bits per heavy atom. The van der Waals surface area contributed by atoms with Gasteiger partial charge in [0.15, 0.2) is 15.9 Å². The first-order valence-electron chi connectivity index (χ1n) is 16.4. The number of nitrogens with one attached hydrogen (secondary N) is 1. The molecular weight excluding hydrogens is 701 g/mol. The van der Waals surface area contributed by atoms with Crippen LogP contribution in [0.2, 0.25) is 0 Å². The zero-order valence-electron chi connectivity index (χ0n) is 27.4. The SMILES string of the molecule is CS(=O)(=O)c1ccc2nc(-c3cccc(C(F)(F)F)c3)c(CN3CCC(N4CC[C@H](F)C4)CC3)c(C(=O)N[C@H](c3ccccc3)C(F)(F)F)c2c1. The van der Waals surface area contributed by atoms with Crippen molar-refractivity contribution in [3.63, 3.8) is 0 Å². The van der Waals surface area contributed by atoms with Crippen molar-refractivity contribution in [2.75, 3.05) is 32.4 Å². The Kier molecular flexibility index (Phi) is 10.2. The second-order valence-corrected chi connectivity index (χ2v) is 15.1. The first kappa shape index (κ1) is 36.7. The molecule has 3 heterocycles. The number of pyridine rings is 1. The highest BCUT2D eigenvalue weighted by Crippen LogP contribution is 2.38. The monoisotopic (exact) mass is 736 g/mol. The fraction of sp³-hybridized carbons (Fsp3) is 0.389. The molecule has 0 unspecified atom stereocenters. The van der Waals surface area contributed by atoms with E-state index in [1.54, 1.807) is 0 Å². The molecule has 0 radical (unpaired) electrons. The zero-order chi connectivity index (χ0) is 36.7. The Labute approximate surface area is 290 Å². The fourth-order valence-corrected chi connectivity index (χ4v) is 7.60. The molecule has 0 spiro atoms. The Bertz CT molecular complexity index is 2020. The molecule has 15 heteroatoms. The van der Waals surface area contributed by atoms with Crippen LogP contribution in [-0.2, 0) is 22.6 Å². The second kappa shape index (κ2) is 14.2. The van der Waals surface area contributed by atoms with Crippen molar-refractivity contribution in [2.45, 2.75) is 61.3 Å². The van der Waals surface area contributed by atoms with Gasteiger partial charge in [0, 0.05) is 48.4 Å². The van der Waals surface area contributed by atoms with E-state index in [1.165, 1.54) is 54.6 Å². The van der Waals surface area contributed by atoms with E-state index in [0.29, 0.717) is 45.4 Å². The van der Waals surface area contributed by atoms with E-state index in [9.17, 15) is 43.9 Å². The summed E-state index contributed by atoms with van der Waals surface area (Å²) in [5, 5.41) is 2.03. The first-order chi connectivity index (χ1) is 24.0. The third-order valence-corrected chi connectivity index (χ3v) is 10.6. The molecule has 7 nitrogen and oxygen atoms in total. The summed E-state index contributed by atoms with van der Waals surface area (Å²) in [6.45, 7) is 1.74. The van der Waals surface area contributed by atoms with Gasteiger partial charge in [-0.25, -0.2) is 17.8 Å². The van der Waals surface area contributed by atoms with Gasteiger partial charge >= 0.3 is 12.4 Å². The van der Waals surface area contributed by atoms with E-state index in [0.717, 1.165) is 24.5 Å². The summed E-state index contributed by atoms with van der Waals surface area (Å²) in [4.78, 5) is 22.8. The molecule has 272 valence electrons. The number of likely N-dealkylation sites (tertiary alicyclic amines) is 2. The van der Waals surface area contributed by atoms with Gasteiger partial charge in [0.2, 0.25) is 0 Å². The number of halogens is 7. The van der Waals surface area contributed by atoms with Crippen molar-refractivity contribution >= 4 is 26.6 Å². The molecule has 3 aromatic carbocycles. The molecule has 6 rings (SSSR count). The molecule has 1 aromatic heterocycles. The lowest BCUT2D eigenvalue weighted by molar-refractivity contribution is -0.155. The molecule has 0 bridgehead atoms. The molecule has 0 aliphatic carbocycles. The van der Waals surface area contributed by atoms with Crippen LogP contribution < -0.4 is 5.32 Å². The second-order valence-electron chi connectivity index (χ2n) is 13.1. The maximum atomic E-state index is 14.5. The van der Waals surface area contributed by atoms with Crippen molar-refractivity contribution < 1.29 is 43.9 Å². The maximum absolute atomic E-state index is 14.5. The van der Waals surface area contributed by atoms with Gasteiger partial charge < -0.3 is 5.32 Å². The van der Waals surface area contributed by atoms with Crippen LogP contribution in [0.3, 0.4) is 0 Å². The lowest BCUT2D eigenvalue weighted by Gasteiger charge is -2.37. The zero-order valence-corrected chi connectivity index (χ0v) is 28.3. The summed E-state index contributed by atoms with van der Waals surface area (Å²) in [5.41, 5.74) is -1.62. The van der Waals surface area contributed by atoms with Crippen molar-refractivity contribution in [2.24, 2.45) is 0 Å². The lowest BCUT2D eigenvalue weighted by atomic mass is 9.93. The highest BCUT2D eigenvalue weighted by molar-refractivity contribution is 7.90. The summed E-state index contributed by atoms with van der Waals surface area (Å²) in [5.74, 6) is -1.21. The Balaban J connectivity index is 1.52. The van der Waals surface area contributed by atoms with Gasteiger partial charge in [0.05, 0.1) is 27.2 Å². The van der Waals surface area contributed by atoms with E-state index in [4.69, 9.17) is 0 Å². The van der Waals surface area contributed by atoms with Crippen LogP contribution in [0.4, 0.5) is 30.7 Å². The molecule has 0 saturated carbocycles. The Morgan fingerprint density at radius 1 is 0.922 bits per heavy atom. The molecular formula is C36H35F7N4O3S. The van der Waals surface area contributed by atoms with Crippen LogP contribution in [0.5, 0.6) is 0 Å². The molecule has 1 N–H and O–H groups in total. The lowest BCUT2D eigenvalue weighted by Crippen LogP contribution is -2.44. The highest BCUT2D eigenvalue weighted by Gasteiger charge is 2.43. The van der Waals surface area contributed by atoms with Crippen molar-refractivity contribution in [3.8, 4) is 11.3 Å². The van der Waals surface area contributed by atoms with Gasteiger partial charge in [-0.05, 0) is 68.2 Å². The van der Waals surface area contributed by atoms with Crippen molar-refractivity contribution in [1.29, 1.82) is 0 Å². The number of hydrogen-bond acceptors (Lipinski definition) is 6. The predicted octanol–water partition coefficient (Wildman–Crippen LogP) is 7.37. The van der Waals surface area contributed by atoms with E-state index < -0.39 is 45.9 Å². The van der Waals surface area contributed by atoms with Crippen molar-refractivity contribution in [3.05, 3.63) is 95.1 Å². The maximum Gasteiger partial charge on any atom is 0.416 e. The topological polar surface area (TPSA) is 82.6 Å². The van der Waals surface area contributed by atoms with Gasteiger partial charge in [0.25, 0.3) is 5.91 Å². The summed E-state index contributed by atoms with van der Waals surface area (Å²) in [6, 6.07) is 12.3. The first-order valence-corrected chi connectivity index (χ1v) is 18.3. The number of rotatable bonds is 8. The number of nitrogens with zero attached hydrogens (tertiary/aromatic N) is 3. The molecule has 2 aliphatic heterocycles. The van der Waals surface area contributed by atoms with E-state index in [2.05, 4.69) is 15.2 Å². The van der Waals surface area contributed by atoms with Crippen molar-refractivity contribution in [1.82, 2.24) is 20.1 Å². The number of alkyl halides is 7. The van der Waals surface area contributed by atoms with Gasteiger partial charge in [-0.2, -0.15) is 26.3 Å². The Morgan fingerprint density at radius 3 is 2.24 bits per heavy atom. The van der Waals surface area contributed by atoms with Crippen LogP contribution in [0.15, 0.2) is 77.7 Å². The number of hydrogen-bond donors (Lipinski definition) is 1. The summed E-state index contributed by atoms with van der Waals surface area (Å²) >= 11 is 0. The highest BCUT2D eigenvalue weighted by atomic mass is 32.2. The predicted molar refractivity (Wildman–Crippen MR) is 177 cm³/mol. The van der Waals surface area contributed by atoms with E-state index in [-0.39, 0.29) is 56.3 Å². The number of amides is 1. The fourth-order valence-electron chi connectivity index (χ4n) is 6.95. The van der Waals surface area contributed by atoms with E-state index in [1.807, 2.05) is 4.90 Å². The minimum atomic E-state index is -4.95. The number of sulfone groups is 1. The molecule has 4 aromatic rings. The largest absolute Gasteiger partial charge is 0.416 e. The summed E-state index contributed by atoms with van der Waals surface area (Å²) < 4.78 is 124. The van der Waals surface area contributed by atoms with Gasteiger partial charge in [0.1, 0.15) is 6.17 Å². The third kappa shape index (κ3) is 8.20. The molecule has 1 amide bonds. The quantitative estimate of drug-likeness (QED) is 0.191. The average Bonchev–Trinajstić information content (AvgIpc) is 3.52. The van der Waals surface area contributed by atoms with Crippen LogP contribution in [0.25, 0.3) is 22.2 Å². The molecule has 2 fully saturated rings. The molecule has 51 heavy (non-hydrogen) atoms.